The second kappa shape index (κ2) is 5.36. The van der Waals surface area contributed by atoms with E-state index in [0.717, 1.165) is 22.3 Å². The number of hydrogen-bond donors (Lipinski definition) is 1. The molecule has 1 aromatic heterocycles. The maximum absolute atomic E-state index is 11.7. The van der Waals surface area contributed by atoms with E-state index >= 15 is 0 Å². The van der Waals surface area contributed by atoms with E-state index in [-0.39, 0.29) is 12.1 Å². The molecule has 19 heavy (non-hydrogen) atoms. The Balaban J connectivity index is 2.25. The Kier molecular flexibility index (Phi) is 3.81. The van der Waals surface area contributed by atoms with Gasteiger partial charge in [-0.15, -0.1) is 0 Å². The molecule has 4 nitrogen and oxygen atoms in total. The highest BCUT2D eigenvalue weighted by atomic mass is 16.3. The van der Waals surface area contributed by atoms with Gasteiger partial charge in [0.1, 0.15) is 0 Å². The average molecular weight is 258 g/mol. The summed E-state index contributed by atoms with van der Waals surface area (Å²) in [6.07, 6.45) is 0.891. The van der Waals surface area contributed by atoms with Gasteiger partial charge in [-0.05, 0) is 31.9 Å². The Morgan fingerprint density at radius 3 is 2.32 bits per heavy atom. The molecule has 1 atom stereocenters. The zero-order valence-electron chi connectivity index (χ0n) is 11.4. The van der Waals surface area contributed by atoms with Gasteiger partial charge in [0.2, 0.25) is 0 Å². The van der Waals surface area contributed by atoms with Crippen LogP contribution in [0.5, 0.6) is 0 Å². The summed E-state index contributed by atoms with van der Waals surface area (Å²) in [5.74, 6) is 0. The van der Waals surface area contributed by atoms with E-state index in [1.165, 1.54) is 10.7 Å². The molecular weight excluding hydrogens is 240 g/mol. The molecule has 0 fully saturated rings. The third-order valence-corrected chi connectivity index (χ3v) is 2.98. The minimum absolute atomic E-state index is 0.169. The molecule has 1 unspecified atom stereocenters. The number of benzene rings is 1. The summed E-state index contributed by atoms with van der Waals surface area (Å²) >= 11 is 0. The van der Waals surface area contributed by atoms with Crippen molar-refractivity contribution in [2.24, 2.45) is 0 Å². The molecule has 0 saturated carbocycles. The summed E-state index contributed by atoms with van der Waals surface area (Å²) in [6.45, 7) is 5.96. The number of hydrogen-bond acceptors (Lipinski definition) is 3. The second-order valence-corrected chi connectivity index (χ2v) is 4.99. The lowest BCUT2D eigenvalue weighted by Crippen LogP contribution is -2.25. The first-order valence-corrected chi connectivity index (χ1v) is 6.26. The molecule has 4 heteroatoms. The monoisotopic (exact) mass is 258 g/mol. The van der Waals surface area contributed by atoms with Crippen molar-refractivity contribution in [2.45, 2.75) is 33.4 Å². The van der Waals surface area contributed by atoms with Crippen LogP contribution in [0.15, 0.2) is 35.3 Å². The van der Waals surface area contributed by atoms with E-state index in [4.69, 9.17) is 0 Å². The summed E-state index contributed by atoms with van der Waals surface area (Å²) in [4.78, 5) is 11.7. The minimum Gasteiger partial charge on any atom is -0.386 e. The highest BCUT2D eigenvalue weighted by Gasteiger charge is 2.11. The molecule has 0 bridgehead atoms. The fourth-order valence-electron chi connectivity index (χ4n) is 2.13. The Bertz CT molecular complexity index is 627. The smallest absolute Gasteiger partial charge is 0.267 e. The van der Waals surface area contributed by atoms with E-state index < -0.39 is 6.10 Å². The highest BCUT2D eigenvalue weighted by molar-refractivity contribution is 5.29. The van der Waals surface area contributed by atoms with Gasteiger partial charge in [0.05, 0.1) is 18.8 Å². The van der Waals surface area contributed by atoms with Gasteiger partial charge in [0, 0.05) is 6.07 Å². The topological polar surface area (TPSA) is 55.1 Å². The van der Waals surface area contributed by atoms with E-state index in [1.807, 2.05) is 39.0 Å². The molecule has 0 amide bonds. The minimum atomic E-state index is -0.730. The van der Waals surface area contributed by atoms with Crippen LogP contribution >= 0.6 is 0 Å². The van der Waals surface area contributed by atoms with Gasteiger partial charge in [-0.1, -0.05) is 29.3 Å². The lowest BCUT2D eigenvalue weighted by atomic mass is 10.0. The van der Waals surface area contributed by atoms with Gasteiger partial charge < -0.3 is 5.11 Å². The van der Waals surface area contributed by atoms with Crippen LogP contribution in [-0.4, -0.2) is 14.9 Å². The fourth-order valence-corrected chi connectivity index (χ4v) is 2.13. The number of rotatable bonds is 3. The molecule has 100 valence electrons. The first-order chi connectivity index (χ1) is 8.95. The van der Waals surface area contributed by atoms with Crippen LogP contribution in [0.2, 0.25) is 0 Å². The molecule has 0 radical (unpaired) electrons. The number of aryl methyl sites for hydroxylation is 3. The Morgan fingerprint density at radius 1 is 1.11 bits per heavy atom. The van der Waals surface area contributed by atoms with Gasteiger partial charge in [-0.3, -0.25) is 4.79 Å². The van der Waals surface area contributed by atoms with Crippen molar-refractivity contribution in [1.82, 2.24) is 9.78 Å². The molecule has 0 aliphatic rings. The summed E-state index contributed by atoms with van der Waals surface area (Å²) in [5.41, 5.74) is 3.63. The first kappa shape index (κ1) is 13.5. The largest absolute Gasteiger partial charge is 0.386 e. The normalized spacial score (nSPS) is 12.4. The van der Waals surface area contributed by atoms with Crippen molar-refractivity contribution in [3.8, 4) is 0 Å². The van der Waals surface area contributed by atoms with Crippen molar-refractivity contribution in [3.05, 3.63) is 63.1 Å². The third kappa shape index (κ3) is 3.29. The molecule has 2 rings (SSSR count). The Hall–Kier alpha value is -1.94. The molecule has 0 aliphatic heterocycles. The van der Waals surface area contributed by atoms with E-state index in [9.17, 15) is 9.90 Å². The highest BCUT2D eigenvalue weighted by Crippen LogP contribution is 2.17. The summed E-state index contributed by atoms with van der Waals surface area (Å²) in [5, 5.41) is 14.2. The lowest BCUT2D eigenvalue weighted by molar-refractivity contribution is 0.149. The number of aliphatic hydroxyl groups is 1. The molecule has 0 saturated heterocycles. The van der Waals surface area contributed by atoms with Crippen LogP contribution in [0, 0.1) is 20.8 Å². The summed E-state index contributed by atoms with van der Waals surface area (Å²) < 4.78 is 1.29. The third-order valence-electron chi connectivity index (χ3n) is 2.98. The van der Waals surface area contributed by atoms with Gasteiger partial charge >= 0.3 is 0 Å². The van der Waals surface area contributed by atoms with Gasteiger partial charge in [0.25, 0.3) is 5.56 Å². The van der Waals surface area contributed by atoms with Crippen LogP contribution in [0.1, 0.15) is 28.4 Å². The van der Waals surface area contributed by atoms with Crippen molar-refractivity contribution < 1.29 is 5.11 Å². The molecule has 0 spiro atoms. The van der Waals surface area contributed by atoms with E-state index in [1.54, 1.807) is 6.20 Å². The molecule has 2 aromatic rings. The molecular formula is C15H18N2O2. The Morgan fingerprint density at radius 2 is 1.74 bits per heavy atom. The molecule has 1 N–H and O–H groups in total. The summed E-state index contributed by atoms with van der Waals surface area (Å²) in [7, 11) is 0. The molecule has 1 heterocycles. The fraction of sp³-hybridized carbons (Fsp3) is 0.333. The zero-order valence-corrected chi connectivity index (χ0v) is 11.4. The predicted molar refractivity (Wildman–Crippen MR) is 74.1 cm³/mol. The molecule has 1 aromatic carbocycles. The zero-order chi connectivity index (χ0) is 14.0. The van der Waals surface area contributed by atoms with Gasteiger partial charge in [0.15, 0.2) is 0 Å². The van der Waals surface area contributed by atoms with Crippen LogP contribution in [0.3, 0.4) is 0 Å². The van der Waals surface area contributed by atoms with Crippen molar-refractivity contribution in [1.29, 1.82) is 0 Å². The maximum atomic E-state index is 11.7. The standard InChI is InChI=1S/C15H18N2O2/c1-10-4-11(2)6-13(5-10)14(18)9-17-15(19)7-12(3)8-16-17/h4-8,14,18H,9H2,1-3H3. The van der Waals surface area contributed by atoms with Gasteiger partial charge in [-0.25, -0.2) is 4.68 Å². The first-order valence-electron chi connectivity index (χ1n) is 6.26. The number of nitrogens with zero attached hydrogens (tertiary/aromatic N) is 2. The number of aromatic nitrogens is 2. The quantitative estimate of drug-likeness (QED) is 0.914. The predicted octanol–water partition coefficient (Wildman–Crippen LogP) is 1.90. The van der Waals surface area contributed by atoms with Crippen molar-refractivity contribution in [3.63, 3.8) is 0 Å². The SMILES string of the molecule is Cc1cc(C)cc(C(O)Cn2ncc(C)cc2=O)c1. The summed E-state index contributed by atoms with van der Waals surface area (Å²) in [6, 6.07) is 7.42. The number of aliphatic hydroxyl groups excluding tert-OH is 1. The second-order valence-electron chi connectivity index (χ2n) is 4.99. The van der Waals surface area contributed by atoms with E-state index in [2.05, 4.69) is 5.10 Å². The van der Waals surface area contributed by atoms with Crippen LogP contribution in [0.4, 0.5) is 0 Å². The average Bonchev–Trinajstić information content (AvgIpc) is 2.31. The Labute approximate surface area is 112 Å². The van der Waals surface area contributed by atoms with Crippen LogP contribution < -0.4 is 5.56 Å². The van der Waals surface area contributed by atoms with Crippen molar-refractivity contribution >= 4 is 0 Å². The van der Waals surface area contributed by atoms with E-state index in [0.29, 0.717) is 0 Å². The maximum Gasteiger partial charge on any atom is 0.267 e. The van der Waals surface area contributed by atoms with Gasteiger partial charge in [-0.2, -0.15) is 5.10 Å². The van der Waals surface area contributed by atoms with Crippen LogP contribution in [0.25, 0.3) is 0 Å². The molecule has 0 aliphatic carbocycles. The van der Waals surface area contributed by atoms with Crippen LogP contribution in [-0.2, 0) is 6.54 Å². The lowest BCUT2D eigenvalue weighted by Gasteiger charge is -2.13. The van der Waals surface area contributed by atoms with Crippen molar-refractivity contribution in [2.75, 3.05) is 0 Å².